The molecule has 0 saturated heterocycles. The largest absolute Gasteiger partial charge is 0.391 e. The molecular weight excluding hydrogens is 257 g/mol. The van der Waals surface area contributed by atoms with Gasteiger partial charge >= 0.3 is 6.18 Å². The van der Waals surface area contributed by atoms with E-state index in [4.69, 9.17) is 0 Å². The molecule has 2 fully saturated rings. The Morgan fingerprint density at radius 3 is 2.21 bits per heavy atom. The Morgan fingerprint density at radius 2 is 1.68 bits per heavy atom. The van der Waals surface area contributed by atoms with Crippen molar-refractivity contribution in [2.45, 2.75) is 50.7 Å². The van der Waals surface area contributed by atoms with Crippen LogP contribution < -0.4 is 10.6 Å². The second kappa shape index (κ2) is 6.11. The molecular formula is C13H21F3N2O. The SMILES string of the molecule is O=C(CNCC1CC1)NC1CCC(C(F)(F)F)CC1. The number of hydrogen-bond acceptors (Lipinski definition) is 2. The number of nitrogens with one attached hydrogen (secondary N) is 2. The molecule has 2 N–H and O–H groups in total. The van der Waals surface area contributed by atoms with Gasteiger partial charge in [0.15, 0.2) is 0 Å². The van der Waals surface area contributed by atoms with E-state index in [1.807, 2.05) is 0 Å². The molecule has 6 heteroatoms. The molecule has 3 nitrogen and oxygen atoms in total. The van der Waals surface area contributed by atoms with Crippen molar-refractivity contribution in [2.24, 2.45) is 11.8 Å². The molecule has 19 heavy (non-hydrogen) atoms. The van der Waals surface area contributed by atoms with Crippen molar-refractivity contribution in [3.05, 3.63) is 0 Å². The smallest absolute Gasteiger partial charge is 0.352 e. The number of carbonyl (C=O) groups excluding carboxylic acids is 1. The summed E-state index contributed by atoms with van der Waals surface area (Å²) < 4.78 is 37.4. The Hall–Kier alpha value is -0.780. The summed E-state index contributed by atoms with van der Waals surface area (Å²) in [5, 5.41) is 5.89. The molecule has 2 saturated carbocycles. The fraction of sp³-hybridized carbons (Fsp3) is 0.923. The second-order valence-corrected chi connectivity index (χ2v) is 5.73. The van der Waals surface area contributed by atoms with Crippen LogP contribution in [0, 0.1) is 11.8 Å². The highest BCUT2D eigenvalue weighted by Gasteiger charge is 2.41. The van der Waals surface area contributed by atoms with E-state index in [0.717, 1.165) is 12.5 Å². The lowest BCUT2D eigenvalue weighted by atomic mass is 9.85. The maximum atomic E-state index is 12.5. The molecule has 0 aromatic rings. The van der Waals surface area contributed by atoms with Crippen LogP contribution in [0.5, 0.6) is 0 Å². The van der Waals surface area contributed by atoms with Crippen LogP contribution in [0.15, 0.2) is 0 Å². The third-order valence-electron chi connectivity index (χ3n) is 3.97. The van der Waals surface area contributed by atoms with Gasteiger partial charge < -0.3 is 10.6 Å². The summed E-state index contributed by atoms with van der Waals surface area (Å²) in [6.07, 6.45) is -0.502. The van der Waals surface area contributed by atoms with E-state index in [-0.39, 0.29) is 31.3 Å². The summed E-state index contributed by atoms with van der Waals surface area (Å²) in [6.45, 7) is 1.14. The van der Waals surface area contributed by atoms with Gasteiger partial charge in [-0.3, -0.25) is 4.79 Å². The van der Waals surface area contributed by atoms with Crippen LogP contribution in [-0.2, 0) is 4.79 Å². The van der Waals surface area contributed by atoms with Crippen LogP contribution in [-0.4, -0.2) is 31.2 Å². The monoisotopic (exact) mass is 278 g/mol. The van der Waals surface area contributed by atoms with Crippen LogP contribution in [0.2, 0.25) is 0 Å². The van der Waals surface area contributed by atoms with E-state index in [1.54, 1.807) is 0 Å². The Kier molecular flexibility index (Phi) is 4.71. The second-order valence-electron chi connectivity index (χ2n) is 5.73. The number of halogens is 3. The summed E-state index contributed by atoms with van der Waals surface area (Å²) >= 11 is 0. The van der Waals surface area contributed by atoms with Gasteiger partial charge in [0, 0.05) is 6.04 Å². The van der Waals surface area contributed by atoms with E-state index in [0.29, 0.717) is 12.8 Å². The zero-order valence-electron chi connectivity index (χ0n) is 10.9. The molecule has 0 aromatic carbocycles. The topological polar surface area (TPSA) is 41.1 Å². The highest BCUT2D eigenvalue weighted by Crippen LogP contribution is 2.37. The highest BCUT2D eigenvalue weighted by molar-refractivity contribution is 5.78. The Balaban J connectivity index is 1.60. The normalized spacial score (nSPS) is 28.2. The summed E-state index contributed by atoms with van der Waals surface area (Å²) in [7, 11) is 0. The molecule has 2 aliphatic carbocycles. The van der Waals surface area contributed by atoms with E-state index in [1.165, 1.54) is 12.8 Å². The molecule has 0 spiro atoms. The van der Waals surface area contributed by atoms with Gasteiger partial charge in [-0.1, -0.05) is 0 Å². The third kappa shape index (κ3) is 5.01. The van der Waals surface area contributed by atoms with Gasteiger partial charge in [0.1, 0.15) is 0 Å². The van der Waals surface area contributed by atoms with Crippen molar-refractivity contribution in [1.29, 1.82) is 0 Å². The van der Waals surface area contributed by atoms with Crippen molar-refractivity contribution in [2.75, 3.05) is 13.1 Å². The Bertz CT molecular complexity index is 308. The minimum atomic E-state index is -4.08. The van der Waals surface area contributed by atoms with Crippen molar-refractivity contribution in [1.82, 2.24) is 10.6 Å². The molecule has 1 amide bonds. The molecule has 2 rings (SSSR count). The maximum absolute atomic E-state index is 12.5. The maximum Gasteiger partial charge on any atom is 0.391 e. The van der Waals surface area contributed by atoms with Crippen molar-refractivity contribution >= 4 is 5.91 Å². The van der Waals surface area contributed by atoms with Gasteiger partial charge in [-0.25, -0.2) is 0 Å². The van der Waals surface area contributed by atoms with Crippen LogP contribution in [0.1, 0.15) is 38.5 Å². The zero-order chi connectivity index (χ0) is 13.9. The molecule has 0 unspecified atom stereocenters. The molecule has 0 aliphatic heterocycles. The molecule has 2 aliphatic rings. The minimum Gasteiger partial charge on any atom is -0.352 e. The summed E-state index contributed by atoms with van der Waals surface area (Å²) in [5.74, 6) is -0.570. The van der Waals surface area contributed by atoms with Crippen molar-refractivity contribution in [3.63, 3.8) is 0 Å². The fourth-order valence-corrected chi connectivity index (χ4v) is 2.56. The van der Waals surface area contributed by atoms with Gasteiger partial charge in [0.25, 0.3) is 0 Å². The van der Waals surface area contributed by atoms with Gasteiger partial charge in [-0.15, -0.1) is 0 Å². The number of carbonyl (C=O) groups is 1. The van der Waals surface area contributed by atoms with E-state index in [2.05, 4.69) is 10.6 Å². The van der Waals surface area contributed by atoms with E-state index >= 15 is 0 Å². The lowest BCUT2D eigenvalue weighted by molar-refractivity contribution is -0.182. The summed E-state index contributed by atoms with van der Waals surface area (Å²) in [6, 6.07) is -0.0891. The Morgan fingerprint density at radius 1 is 1.05 bits per heavy atom. The van der Waals surface area contributed by atoms with E-state index in [9.17, 15) is 18.0 Å². The average molecular weight is 278 g/mol. The first-order valence-electron chi connectivity index (χ1n) is 7.02. The van der Waals surface area contributed by atoms with Crippen LogP contribution in [0.4, 0.5) is 13.2 Å². The lowest BCUT2D eigenvalue weighted by Gasteiger charge is -2.30. The van der Waals surface area contributed by atoms with Gasteiger partial charge in [-0.2, -0.15) is 13.2 Å². The Labute approximate surface area is 111 Å². The summed E-state index contributed by atoms with van der Waals surface area (Å²) in [5.41, 5.74) is 0. The standard InChI is InChI=1S/C13H21F3N2O/c14-13(15,16)10-3-5-11(6-4-10)18-12(19)8-17-7-9-1-2-9/h9-11,17H,1-8H2,(H,18,19). The van der Waals surface area contributed by atoms with Gasteiger partial charge in [0.05, 0.1) is 12.5 Å². The fourth-order valence-electron chi connectivity index (χ4n) is 2.56. The van der Waals surface area contributed by atoms with Crippen LogP contribution >= 0.6 is 0 Å². The number of hydrogen-bond donors (Lipinski definition) is 2. The molecule has 0 atom stereocenters. The first-order valence-corrected chi connectivity index (χ1v) is 7.02. The average Bonchev–Trinajstić information content (AvgIpc) is 3.12. The first kappa shape index (κ1) is 14.6. The lowest BCUT2D eigenvalue weighted by Crippen LogP contribution is -2.43. The minimum absolute atomic E-state index is 0.0891. The number of alkyl halides is 3. The van der Waals surface area contributed by atoms with Gasteiger partial charge in [-0.05, 0) is 51.0 Å². The predicted molar refractivity (Wildman–Crippen MR) is 65.5 cm³/mol. The van der Waals surface area contributed by atoms with E-state index < -0.39 is 12.1 Å². The highest BCUT2D eigenvalue weighted by atomic mass is 19.4. The van der Waals surface area contributed by atoms with Crippen LogP contribution in [0.3, 0.4) is 0 Å². The van der Waals surface area contributed by atoms with Gasteiger partial charge in [0.2, 0.25) is 5.91 Å². The quantitative estimate of drug-likeness (QED) is 0.809. The zero-order valence-corrected chi connectivity index (χ0v) is 10.9. The third-order valence-corrected chi connectivity index (χ3v) is 3.97. The predicted octanol–water partition coefficient (Wildman–Crippen LogP) is 2.22. The number of amides is 1. The first-order chi connectivity index (χ1) is 8.95. The molecule has 0 heterocycles. The molecule has 0 radical (unpaired) electrons. The number of rotatable bonds is 5. The van der Waals surface area contributed by atoms with Crippen LogP contribution in [0.25, 0.3) is 0 Å². The van der Waals surface area contributed by atoms with Crippen molar-refractivity contribution < 1.29 is 18.0 Å². The van der Waals surface area contributed by atoms with Crippen molar-refractivity contribution in [3.8, 4) is 0 Å². The molecule has 0 aromatic heterocycles. The summed E-state index contributed by atoms with van der Waals surface area (Å²) in [4.78, 5) is 11.6. The molecule has 110 valence electrons. The molecule has 0 bridgehead atoms.